The van der Waals surface area contributed by atoms with Gasteiger partial charge in [0, 0.05) is 11.6 Å². The molecule has 0 fully saturated rings. The van der Waals surface area contributed by atoms with E-state index in [0.717, 1.165) is 18.2 Å². The first-order valence-corrected chi connectivity index (χ1v) is 6.85. The summed E-state index contributed by atoms with van der Waals surface area (Å²) in [5.74, 6) is -1.91. The number of thiazole rings is 1. The monoisotopic (exact) mass is 309 g/mol. The van der Waals surface area contributed by atoms with Gasteiger partial charge in [0.05, 0.1) is 17.3 Å². The second kappa shape index (κ2) is 6.31. The van der Waals surface area contributed by atoms with Crippen LogP contribution in [0.3, 0.4) is 0 Å². The van der Waals surface area contributed by atoms with Gasteiger partial charge < -0.3 is 15.7 Å². The number of anilines is 1. The molecule has 21 heavy (non-hydrogen) atoms. The first kappa shape index (κ1) is 14.9. The van der Waals surface area contributed by atoms with E-state index in [1.807, 2.05) is 0 Å². The van der Waals surface area contributed by atoms with E-state index in [9.17, 15) is 14.0 Å². The van der Waals surface area contributed by atoms with Crippen LogP contribution in [-0.2, 0) is 0 Å². The number of hydrogen-bond donors (Lipinski definition) is 3. The third-order valence-electron chi connectivity index (χ3n) is 2.63. The Morgan fingerprint density at radius 1 is 1.43 bits per heavy atom. The number of carboxylic acids is 1. The highest BCUT2D eigenvalue weighted by molar-refractivity contribution is 7.09. The number of carbonyl (C=O) groups excluding carboxylic acids is 1. The van der Waals surface area contributed by atoms with Crippen LogP contribution in [0.15, 0.2) is 29.8 Å². The van der Waals surface area contributed by atoms with Crippen molar-refractivity contribution in [3.8, 4) is 0 Å². The molecule has 1 aromatic heterocycles. The molecule has 8 heteroatoms. The van der Waals surface area contributed by atoms with Crippen LogP contribution in [0, 0.1) is 5.82 Å². The van der Waals surface area contributed by atoms with Crippen molar-refractivity contribution in [2.24, 2.45) is 0 Å². The molecule has 0 saturated carbocycles. The Morgan fingerprint density at radius 2 is 2.19 bits per heavy atom. The van der Waals surface area contributed by atoms with Crippen LogP contribution in [0.4, 0.5) is 14.9 Å². The van der Waals surface area contributed by atoms with Gasteiger partial charge in [-0.3, -0.25) is 0 Å². The minimum absolute atomic E-state index is 0.111. The molecule has 0 saturated heterocycles. The van der Waals surface area contributed by atoms with E-state index in [1.54, 1.807) is 18.5 Å². The van der Waals surface area contributed by atoms with Crippen LogP contribution < -0.4 is 10.6 Å². The van der Waals surface area contributed by atoms with Crippen LogP contribution in [0.25, 0.3) is 0 Å². The lowest BCUT2D eigenvalue weighted by molar-refractivity contribution is 0.0697. The molecule has 6 nitrogen and oxygen atoms in total. The minimum Gasteiger partial charge on any atom is -0.478 e. The first-order chi connectivity index (χ1) is 9.97. The number of aromatic carboxylic acids is 1. The molecule has 110 valence electrons. The fraction of sp³-hybridized carbons (Fsp3) is 0.154. The fourth-order valence-electron chi connectivity index (χ4n) is 1.62. The van der Waals surface area contributed by atoms with Crippen LogP contribution in [0.2, 0.25) is 0 Å². The van der Waals surface area contributed by atoms with E-state index in [1.165, 1.54) is 11.3 Å². The molecule has 1 atom stereocenters. The number of carboxylic acid groups (broad SMARTS) is 1. The molecule has 0 bridgehead atoms. The Balaban J connectivity index is 2.05. The van der Waals surface area contributed by atoms with Crippen molar-refractivity contribution >= 4 is 29.0 Å². The Hall–Kier alpha value is -2.48. The Labute approximate surface area is 123 Å². The number of amides is 2. The van der Waals surface area contributed by atoms with Crippen molar-refractivity contribution in [2.75, 3.05) is 5.32 Å². The topological polar surface area (TPSA) is 91.3 Å². The quantitative estimate of drug-likeness (QED) is 0.810. The highest BCUT2D eigenvalue weighted by atomic mass is 32.1. The predicted molar refractivity (Wildman–Crippen MR) is 76.0 cm³/mol. The van der Waals surface area contributed by atoms with Crippen molar-refractivity contribution < 1.29 is 19.1 Å². The molecule has 2 rings (SSSR count). The van der Waals surface area contributed by atoms with Crippen LogP contribution in [-0.4, -0.2) is 22.1 Å². The van der Waals surface area contributed by atoms with Gasteiger partial charge in [-0.1, -0.05) is 0 Å². The SMILES string of the molecule is CC(NC(=O)Nc1cc(C(=O)O)ccc1F)c1nccs1. The molecular weight excluding hydrogens is 297 g/mol. The minimum atomic E-state index is -1.20. The summed E-state index contributed by atoms with van der Waals surface area (Å²) in [5, 5.41) is 16.2. The number of halogens is 1. The summed E-state index contributed by atoms with van der Waals surface area (Å²) in [5.41, 5.74) is -0.307. The fourth-order valence-corrected chi connectivity index (χ4v) is 2.27. The molecule has 0 spiro atoms. The van der Waals surface area contributed by atoms with Crippen molar-refractivity contribution in [3.05, 3.63) is 46.2 Å². The number of hydrogen-bond acceptors (Lipinski definition) is 4. The van der Waals surface area contributed by atoms with E-state index in [4.69, 9.17) is 5.11 Å². The average Bonchev–Trinajstić information content (AvgIpc) is 2.95. The molecule has 1 heterocycles. The normalized spacial score (nSPS) is 11.7. The molecule has 2 aromatic rings. The second-order valence-corrected chi connectivity index (χ2v) is 5.12. The van der Waals surface area contributed by atoms with Gasteiger partial charge in [0.2, 0.25) is 0 Å². The molecule has 1 aromatic carbocycles. The predicted octanol–water partition coefficient (Wildman–Crippen LogP) is 2.86. The van der Waals surface area contributed by atoms with E-state index in [0.29, 0.717) is 5.01 Å². The summed E-state index contributed by atoms with van der Waals surface area (Å²) in [6.45, 7) is 1.74. The number of rotatable bonds is 4. The van der Waals surface area contributed by atoms with E-state index in [-0.39, 0.29) is 17.3 Å². The smallest absolute Gasteiger partial charge is 0.335 e. The van der Waals surface area contributed by atoms with Crippen molar-refractivity contribution in [3.63, 3.8) is 0 Å². The third-order valence-corrected chi connectivity index (χ3v) is 3.59. The molecule has 3 N–H and O–H groups in total. The number of benzene rings is 1. The number of carbonyl (C=O) groups is 2. The lowest BCUT2D eigenvalue weighted by atomic mass is 10.2. The van der Waals surface area contributed by atoms with Gasteiger partial charge in [-0.15, -0.1) is 11.3 Å². The number of nitrogens with one attached hydrogen (secondary N) is 2. The number of urea groups is 1. The standard InChI is InChI=1S/C13H12FN3O3S/c1-7(11-15-4-5-21-11)16-13(20)17-10-6-8(12(18)19)2-3-9(10)14/h2-7H,1H3,(H,18,19)(H2,16,17,20). The molecule has 0 aliphatic carbocycles. The van der Waals surface area contributed by atoms with Crippen LogP contribution in [0.1, 0.15) is 28.3 Å². The zero-order chi connectivity index (χ0) is 15.4. The molecule has 0 radical (unpaired) electrons. The zero-order valence-electron chi connectivity index (χ0n) is 11.0. The van der Waals surface area contributed by atoms with Gasteiger partial charge in [-0.05, 0) is 25.1 Å². The average molecular weight is 309 g/mol. The van der Waals surface area contributed by atoms with E-state index in [2.05, 4.69) is 15.6 Å². The summed E-state index contributed by atoms with van der Waals surface area (Å²) >= 11 is 1.38. The molecule has 1 unspecified atom stereocenters. The molecule has 0 aliphatic heterocycles. The summed E-state index contributed by atoms with van der Waals surface area (Å²) in [6.07, 6.45) is 1.62. The van der Waals surface area contributed by atoms with Crippen LogP contribution >= 0.6 is 11.3 Å². The Morgan fingerprint density at radius 3 is 2.81 bits per heavy atom. The molecule has 0 aliphatic rings. The van der Waals surface area contributed by atoms with E-state index < -0.39 is 17.8 Å². The number of nitrogens with zero attached hydrogens (tertiary/aromatic N) is 1. The van der Waals surface area contributed by atoms with Crippen molar-refractivity contribution in [2.45, 2.75) is 13.0 Å². The van der Waals surface area contributed by atoms with Crippen LogP contribution in [0.5, 0.6) is 0 Å². The number of aromatic nitrogens is 1. The molecule has 2 amide bonds. The summed E-state index contributed by atoms with van der Waals surface area (Å²) in [4.78, 5) is 26.7. The summed E-state index contributed by atoms with van der Waals surface area (Å²) in [6, 6.07) is 2.20. The van der Waals surface area contributed by atoms with Gasteiger partial charge in [0.15, 0.2) is 0 Å². The van der Waals surface area contributed by atoms with Gasteiger partial charge in [-0.25, -0.2) is 19.0 Å². The lowest BCUT2D eigenvalue weighted by Gasteiger charge is -2.13. The highest BCUT2D eigenvalue weighted by Crippen LogP contribution is 2.18. The first-order valence-electron chi connectivity index (χ1n) is 5.97. The largest absolute Gasteiger partial charge is 0.478 e. The third kappa shape index (κ3) is 3.76. The summed E-state index contributed by atoms with van der Waals surface area (Å²) < 4.78 is 13.6. The Kier molecular flexibility index (Phi) is 4.49. The maximum Gasteiger partial charge on any atom is 0.335 e. The maximum atomic E-state index is 13.6. The van der Waals surface area contributed by atoms with Gasteiger partial charge in [0.1, 0.15) is 10.8 Å². The van der Waals surface area contributed by atoms with Gasteiger partial charge in [-0.2, -0.15) is 0 Å². The Bertz CT molecular complexity index is 661. The van der Waals surface area contributed by atoms with Gasteiger partial charge in [0.25, 0.3) is 0 Å². The zero-order valence-corrected chi connectivity index (χ0v) is 11.8. The van der Waals surface area contributed by atoms with Crippen molar-refractivity contribution in [1.29, 1.82) is 0 Å². The lowest BCUT2D eigenvalue weighted by Crippen LogP contribution is -2.31. The maximum absolute atomic E-state index is 13.6. The highest BCUT2D eigenvalue weighted by Gasteiger charge is 2.14. The van der Waals surface area contributed by atoms with Crippen molar-refractivity contribution in [1.82, 2.24) is 10.3 Å². The van der Waals surface area contributed by atoms with E-state index >= 15 is 0 Å². The summed E-state index contributed by atoms with van der Waals surface area (Å²) in [7, 11) is 0. The second-order valence-electron chi connectivity index (χ2n) is 4.19. The molecular formula is C13H12FN3O3S. The van der Waals surface area contributed by atoms with Gasteiger partial charge >= 0.3 is 12.0 Å².